The summed E-state index contributed by atoms with van der Waals surface area (Å²) in [7, 11) is 1.57. The monoisotopic (exact) mass is 280 g/mol. The van der Waals surface area contributed by atoms with Crippen LogP contribution in [0.4, 0.5) is 11.4 Å². The Morgan fingerprint density at radius 3 is 2.60 bits per heavy atom. The fraction of sp³-hybridized carbons (Fsp3) is 0.533. The molecule has 0 radical (unpaired) electrons. The van der Waals surface area contributed by atoms with E-state index in [2.05, 4.69) is 19.2 Å². The van der Waals surface area contributed by atoms with Crippen LogP contribution in [0.3, 0.4) is 0 Å². The molecular formula is C15H24N2O3. The van der Waals surface area contributed by atoms with Crippen LogP contribution in [0, 0.1) is 5.92 Å². The lowest BCUT2D eigenvalue weighted by Gasteiger charge is -2.15. The molecule has 1 aromatic carbocycles. The van der Waals surface area contributed by atoms with Gasteiger partial charge in [-0.05, 0) is 31.4 Å². The molecule has 3 N–H and O–H groups in total. The third-order valence-corrected chi connectivity index (χ3v) is 2.84. The molecule has 1 aromatic rings. The predicted octanol–water partition coefficient (Wildman–Crippen LogP) is 2.67. The average Bonchev–Trinajstić information content (AvgIpc) is 2.38. The van der Waals surface area contributed by atoms with Crippen LogP contribution in [0.2, 0.25) is 0 Å². The van der Waals surface area contributed by atoms with E-state index in [1.165, 1.54) is 0 Å². The van der Waals surface area contributed by atoms with Gasteiger partial charge in [0.1, 0.15) is 12.4 Å². The van der Waals surface area contributed by atoms with E-state index >= 15 is 0 Å². The van der Waals surface area contributed by atoms with Crippen LogP contribution in [0.25, 0.3) is 0 Å². The van der Waals surface area contributed by atoms with E-state index in [-0.39, 0.29) is 18.6 Å². The predicted molar refractivity (Wildman–Crippen MR) is 80.9 cm³/mol. The molecule has 0 saturated carbocycles. The van der Waals surface area contributed by atoms with Gasteiger partial charge in [0.25, 0.3) is 0 Å². The van der Waals surface area contributed by atoms with Crippen molar-refractivity contribution in [1.29, 1.82) is 0 Å². The first-order valence-electron chi connectivity index (χ1n) is 6.77. The van der Waals surface area contributed by atoms with Crippen molar-refractivity contribution in [3.8, 4) is 5.75 Å². The molecule has 0 aliphatic rings. The number of benzene rings is 1. The maximum atomic E-state index is 11.8. The molecule has 112 valence electrons. The Balaban J connectivity index is 2.46. The van der Waals surface area contributed by atoms with Crippen LogP contribution in [0.5, 0.6) is 5.75 Å². The smallest absolute Gasteiger partial charge is 0.250 e. The van der Waals surface area contributed by atoms with Crippen molar-refractivity contribution in [3.05, 3.63) is 18.2 Å². The summed E-state index contributed by atoms with van der Waals surface area (Å²) in [5.74, 6) is 0.991. The summed E-state index contributed by atoms with van der Waals surface area (Å²) in [5.41, 5.74) is 6.86. The molecule has 1 rings (SSSR count). The van der Waals surface area contributed by atoms with E-state index in [1.54, 1.807) is 25.3 Å². The number of methoxy groups -OCH3 is 1. The van der Waals surface area contributed by atoms with E-state index in [9.17, 15) is 4.79 Å². The molecule has 0 spiro atoms. The SMILES string of the molecule is COc1ccc(NC(=O)COC(C)CC(C)C)c(N)c1. The quantitative estimate of drug-likeness (QED) is 0.753. The van der Waals surface area contributed by atoms with Gasteiger partial charge in [-0.3, -0.25) is 4.79 Å². The minimum atomic E-state index is -0.211. The second-order valence-corrected chi connectivity index (χ2v) is 5.25. The molecule has 20 heavy (non-hydrogen) atoms. The van der Waals surface area contributed by atoms with Crippen molar-refractivity contribution >= 4 is 17.3 Å². The van der Waals surface area contributed by atoms with Gasteiger partial charge in [0, 0.05) is 6.07 Å². The van der Waals surface area contributed by atoms with E-state index in [0.29, 0.717) is 23.0 Å². The van der Waals surface area contributed by atoms with Crippen molar-refractivity contribution < 1.29 is 14.3 Å². The second-order valence-electron chi connectivity index (χ2n) is 5.25. The number of hydrogen-bond acceptors (Lipinski definition) is 4. The first-order chi connectivity index (χ1) is 9.42. The highest BCUT2D eigenvalue weighted by atomic mass is 16.5. The van der Waals surface area contributed by atoms with Gasteiger partial charge < -0.3 is 20.5 Å². The van der Waals surface area contributed by atoms with Gasteiger partial charge in [-0.15, -0.1) is 0 Å². The van der Waals surface area contributed by atoms with Gasteiger partial charge in [0.2, 0.25) is 5.91 Å². The summed E-state index contributed by atoms with van der Waals surface area (Å²) in [6.45, 7) is 6.24. The van der Waals surface area contributed by atoms with Crippen molar-refractivity contribution in [2.45, 2.75) is 33.3 Å². The molecule has 0 bridgehead atoms. The molecule has 0 heterocycles. The van der Waals surface area contributed by atoms with Crippen molar-refractivity contribution in [1.82, 2.24) is 0 Å². The number of ether oxygens (including phenoxy) is 2. The molecule has 0 aliphatic heterocycles. The Kier molecular flexibility index (Phi) is 6.31. The van der Waals surface area contributed by atoms with Gasteiger partial charge in [0.05, 0.1) is 24.6 Å². The number of rotatable bonds is 7. The number of nitrogens with two attached hydrogens (primary N) is 1. The Morgan fingerprint density at radius 1 is 1.35 bits per heavy atom. The topological polar surface area (TPSA) is 73.6 Å². The summed E-state index contributed by atoms with van der Waals surface area (Å²) < 4.78 is 10.5. The largest absolute Gasteiger partial charge is 0.497 e. The van der Waals surface area contributed by atoms with Crippen LogP contribution in [0.1, 0.15) is 27.2 Å². The summed E-state index contributed by atoms with van der Waals surface area (Å²) >= 11 is 0. The van der Waals surface area contributed by atoms with Gasteiger partial charge in [-0.2, -0.15) is 0 Å². The first kappa shape index (κ1) is 16.3. The maximum Gasteiger partial charge on any atom is 0.250 e. The molecule has 5 nitrogen and oxygen atoms in total. The number of hydrogen-bond donors (Lipinski definition) is 2. The number of nitrogens with one attached hydrogen (secondary N) is 1. The Bertz CT molecular complexity index is 447. The van der Waals surface area contributed by atoms with E-state index in [1.807, 2.05) is 6.92 Å². The molecule has 1 atom stereocenters. The van der Waals surface area contributed by atoms with Gasteiger partial charge in [-0.25, -0.2) is 0 Å². The number of carbonyl (C=O) groups is 1. The van der Waals surface area contributed by atoms with E-state index in [0.717, 1.165) is 6.42 Å². The van der Waals surface area contributed by atoms with Gasteiger partial charge in [-0.1, -0.05) is 13.8 Å². The standard InChI is InChI=1S/C15H24N2O3/c1-10(2)7-11(3)20-9-15(18)17-14-6-5-12(19-4)8-13(14)16/h5-6,8,10-11H,7,9,16H2,1-4H3,(H,17,18). The molecule has 5 heteroatoms. The number of anilines is 2. The summed E-state index contributed by atoms with van der Waals surface area (Å²) in [6, 6.07) is 5.12. The van der Waals surface area contributed by atoms with Crippen LogP contribution < -0.4 is 15.8 Å². The Hall–Kier alpha value is -1.75. The molecule has 0 saturated heterocycles. The van der Waals surface area contributed by atoms with Crippen molar-refractivity contribution in [3.63, 3.8) is 0 Å². The molecule has 0 fully saturated rings. The lowest BCUT2D eigenvalue weighted by molar-refractivity contribution is -0.122. The van der Waals surface area contributed by atoms with Crippen LogP contribution in [-0.4, -0.2) is 25.7 Å². The normalized spacial score (nSPS) is 12.2. The van der Waals surface area contributed by atoms with Crippen molar-refractivity contribution in [2.75, 3.05) is 24.8 Å². The zero-order chi connectivity index (χ0) is 15.1. The molecule has 0 aromatic heterocycles. The lowest BCUT2D eigenvalue weighted by Crippen LogP contribution is -2.23. The maximum absolute atomic E-state index is 11.8. The number of carbonyl (C=O) groups excluding carboxylic acids is 1. The second kappa shape index (κ2) is 7.75. The van der Waals surface area contributed by atoms with E-state index in [4.69, 9.17) is 15.2 Å². The van der Waals surface area contributed by atoms with Crippen molar-refractivity contribution in [2.24, 2.45) is 5.92 Å². The van der Waals surface area contributed by atoms with Crippen LogP contribution in [0.15, 0.2) is 18.2 Å². The average molecular weight is 280 g/mol. The minimum Gasteiger partial charge on any atom is -0.497 e. The van der Waals surface area contributed by atoms with Crippen LogP contribution in [-0.2, 0) is 9.53 Å². The summed E-state index contributed by atoms with van der Waals surface area (Å²) in [6.07, 6.45) is 0.992. The van der Waals surface area contributed by atoms with E-state index < -0.39 is 0 Å². The molecular weight excluding hydrogens is 256 g/mol. The highest BCUT2D eigenvalue weighted by Gasteiger charge is 2.10. The number of amides is 1. The lowest BCUT2D eigenvalue weighted by atomic mass is 10.1. The molecule has 1 amide bonds. The Labute approximate surface area is 120 Å². The zero-order valence-electron chi connectivity index (χ0n) is 12.6. The van der Waals surface area contributed by atoms with Crippen LogP contribution >= 0.6 is 0 Å². The summed E-state index contributed by atoms with van der Waals surface area (Å²) in [4.78, 5) is 11.8. The molecule has 0 aliphatic carbocycles. The zero-order valence-corrected chi connectivity index (χ0v) is 12.6. The third kappa shape index (κ3) is 5.48. The highest BCUT2D eigenvalue weighted by Crippen LogP contribution is 2.23. The minimum absolute atomic E-state index is 0.0271. The highest BCUT2D eigenvalue weighted by molar-refractivity contribution is 5.94. The summed E-state index contributed by atoms with van der Waals surface area (Å²) in [5, 5.41) is 2.73. The number of nitrogen functional groups attached to an aromatic ring is 1. The molecule has 1 unspecified atom stereocenters. The van der Waals surface area contributed by atoms with Gasteiger partial charge in [0.15, 0.2) is 0 Å². The third-order valence-electron chi connectivity index (χ3n) is 2.84. The Morgan fingerprint density at radius 2 is 2.05 bits per heavy atom. The fourth-order valence-corrected chi connectivity index (χ4v) is 1.92. The van der Waals surface area contributed by atoms with Gasteiger partial charge >= 0.3 is 0 Å². The fourth-order valence-electron chi connectivity index (χ4n) is 1.92. The first-order valence-corrected chi connectivity index (χ1v) is 6.77.